The molecule has 0 radical (unpaired) electrons. The second kappa shape index (κ2) is 6.04. The lowest BCUT2D eigenvalue weighted by Gasteiger charge is -2.28. The van der Waals surface area contributed by atoms with Crippen molar-refractivity contribution in [2.45, 2.75) is 41.9 Å². The zero-order valence-corrected chi connectivity index (χ0v) is 11.5. The molecule has 0 saturated heterocycles. The lowest BCUT2D eigenvalue weighted by molar-refractivity contribution is 0.167. The van der Waals surface area contributed by atoms with Gasteiger partial charge in [-0.25, -0.2) is 4.39 Å². The second-order valence-electron chi connectivity index (χ2n) is 4.91. The van der Waals surface area contributed by atoms with Crippen molar-refractivity contribution in [2.24, 2.45) is 0 Å². The van der Waals surface area contributed by atoms with E-state index in [2.05, 4.69) is 12.2 Å². The van der Waals surface area contributed by atoms with Crippen LogP contribution in [0.4, 0.5) is 4.39 Å². The summed E-state index contributed by atoms with van der Waals surface area (Å²) in [6.45, 7) is 3.11. The molecule has 2 nitrogen and oxygen atoms in total. The number of benzene rings is 1. The second-order valence-corrected chi connectivity index (χ2v) is 6.28. The quantitative estimate of drug-likeness (QED) is 0.862. The summed E-state index contributed by atoms with van der Waals surface area (Å²) in [6, 6.07) is 6.74. The maximum Gasteiger partial charge on any atom is 0.124 e. The first-order valence-electron chi connectivity index (χ1n) is 6.45. The van der Waals surface area contributed by atoms with Gasteiger partial charge in [0.25, 0.3) is 0 Å². The van der Waals surface area contributed by atoms with Crippen molar-refractivity contribution in [1.82, 2.24) is 5.32 Å². The summed E-state index contributed by atoms with van der Waals surface area (Å²) in [6.07, 6.45) is 3.00. The molecule has 4 heteroatoms. The van der Waals surface area contributed by atoms with E-state index in [0.717, 1.165) is 30.7 Å². The van der Waals surface area contributed by atoms with Crippen molar-refractivity contribution in [3.05, 3.63) is 30.1 Å². The standard InChI is InChI=1S/C14H20FNOS/c1-2-16-14(10-17)7-6-13(9-14)18-12-5-3-4-11(15)8-12/h3-5,8,13,16-17H,2,6-7,9-10H2,1H3. The van der Waals surface area contributed by atoms with Crippen LogP contribution in [0.5, 0.6) is 0 Å². The Morgan fingerprint density at radius 3 is 3.06 bits per heavy atom. The number of likely N-dealkylation sites (N-methyl/N-ethyl adjacent to an activating group) is 1. The van der Waals surface area contributed by atoms with E-state index >= 15 is 0 Å². The Morgan fingerprint density at radius 2 is 2.39 bits per heavy atom. The largest absolute Gasteiger partial charge is 0.394 e. The van der Waals surface area contributed by atoms with Crippen molar-refractivity contribution in [3.63, 3.8) is 0 Å². The predicted molar refractivity (Wildman–Crippen MR) is 73.4 cm³/mol. The van der Waals surface area contributed by atoms with Crippen LogP contribution in [0.1, 0.15) is 26.2 Å². The highest BCUT2D eigenvalue weighted by Gasteiger charge is 2.38. The van der Waals surface area contributed by atoms with Gasteiger partial charge in [-0.3, -0.25) is 0 Å². The fourth-order valence-corrected chi connectivity index (χ4v) is 4.01. The summed E-state index contributed by atoms with van der Waals surface area (Å²) < 4.78 is 13.1. The van der Waals surface area contributed by atoms with Crippen molar-refractivity contribution in [1.29, 1.82) is 0 Å². The van der Waals surface area contributed by atoms with Crippen molar-refractivity contribution in [2.75, 3.05) is 13.2 Å². The Bertz CT molecular complexity index is 401. The Kier molecular flexibility index (Phi) is 4.65. The summed E-state index contributed by atoms with van der Waals surface area (Å²) in [5.74, 6) is -0.182. The van der Waals surface area contributed by atoms with Gasteiger partial charge in [0.15, 0.2) is 0 Å². The van der Waals surface area contributed by atoms with Crippen molar-refractivity contribution >= 4 is 11.8 Å². The zero-order chi connectivity index (χ0) is 13.0. The molecule has 1 aromatic carbocycles. The first-order valence-corrected chi connectivity index (χ1v) is 7.33. The predicted octanol–water partition coefficient (Wildman–Crippen LogP) is 2.81. The molecule has 1 aliphatic rings. The van der Waals surface area contributed by atoms with E-state index in [-0.39, 0.29) is 18.0 Å². The molecule has 2 N–H and O–H groups in total. The molecule has 2 unspecified atom stereocenters. The topological polar surface area (TPSA) is 32.3 Å². The van der Waals surface area contributed by atoms with Gasteiger partial charge in [0.05, 0.1) is 6.61 Å². The lowest BCUT2D eigenvalue weighted by atomic mass is 9.99. The highest BCUT2D eigenvalue weighted by Crippen LogP contribution is 2.40. The summed E-state index contributed by atoms with van der Waals surface area (Å²) in [5, 5.41) is 13.4. The van der Waals surface area contributed by atoms with E-state index < -0.39 is 0 Å². The SMILES string of the molecule is CCNC1(CO)CCC(Sc2cccc(F)c2)C1. The van der Waals surface area contributed by atoms with E-state index in [1.54, 1.807) is 23.9 Å². The van der Waals surface area contributed by atoms with Crippen molar-refractivity contribution in [3.8, 4) is 0 Å². The van der Waals surface area contributed by atoms with Crippen LogP contribution in [0.2, 0.25) is 0 Å². The number of aliphatic hydroxyl groups is 1. The summed E-state index contributed by atoms with van der Waals surface area (Å²) in [4.78, 5) is 0.977. The van der Waals surface area contributed by atoms with Crippen LogP contribution in [0.15, 0.2) is 29.2 Å². The Morgan fingerprint density at radius 1 is 1.56 bits per heavy atom. The van der Waals surface area contributed by atoms with Gasteiger partial charge in [0, 0.05) is 15.7 Å². The summed E-state index contributed by atoms with van der Waals surface area (Å²) in [7, 11) is 0. The molecule has 0 amide bonds. The van der Waals surface area contributed by atoms with Gasteiger partial charge in [0.2, 0.25) is 0 Å². The highest BCUT2D eigenvalue weighted by atomic mass is 32.2. The summed E-state index contributed by atoms with van der Waals surface area (Å²) >= 11 is 1.72. The van der Waals surface area contributed by atoms with Gasteiger partial charge in [-0.15, -0.1) is 11.8 Å². The van der Waals surface area contributed by atoms with Gasteiger partial charge in [-0.05, 0) is 44.0 Å². The monoisotopic (exact) mass is 269 g/mol. The molecule has 18 heavy (non-hydrogen) atoms. The van der Waals surface area contributed by atoms with Gasteiger partial charge in [-0.1, -0.05) is 13.0 Å². The number of nitrogens with one attached hydrogen (secondary N) is 1. The van der Waals surface area contributed by atoms with Crippen LogP contribution in [0, 0.1) is 5.82 Å². The van der Waals surface area contributed by atoms with Crippen LogP contribution in [-0.2, 0) is 0 Å². The Hall–Kier alpha value is -0.580. The third kappa shape index (κ3) is 3.25. The van der Waals surface area contributed by atoms with Crippen LogP contribution < -0.4 is 5.32 Å². The highest BCUT2D eigenvalue weighted by molar-refractivity contribution is 8.00. The number of aliphatic hydroxyl groups excluding tert-OH is 1. The number of rotatable bonds is 5. The Labute approximate surface area is 112 Å². The molecule has 0 spiro atoms. The zero-order valence-electron chi connectivity index (χ0n) is 10.7. The molecule has 2 atom stereocenters. The first-order chi connectivity index (χ1) is 8.67. The molecule has 2 rings (SSSR count). The lowest BCUT2D eigenvalue weighted by Crippen LogP contribution is -2.46. The van der Waals surface area contributed by atoms with E-state index in [1.807, 2.05) is 6.07 Å². The molecule has 1 aliphatic carbocycles. The number of halogens is 1. The van der Waals surface area contributed by atoms with E-state index in [0.29, 0.717) is 5.25 Å². The molecule has 0 heterocycles. The summed E-state index contributed by atoms with van der Waals surface area (Å²) in [5.41, 5.74) is -0.125. The maximum absolute atomic E-state index is 13.1. The van der Waals surface area contributed by atoms with E-state index in [9.17, 15) is 9.50 Å². The minimum atomic E-state index is -0.182. The molecule has 0 aliphatic heterocycles. The third-order valence-corrected chi connectivity index (χ3v) is 4.78. The normalized spacial score (nSPS) is 27.6. The first kappa shape index (κ1) is 13.8. The van der Waals surface area contributed by atoms with Gasteiger partial charge in [0.1, 0.15) is 5.82 Å². The molecule has 100 valence electrons. The molecule has 1 saturated carbocycles. The molecule has 0 bridgehead atoms. The van der Waals surface area contributed by atoms with Gasteiger partial charge >= 0.3 is 0 Å². The average molecular weight is 269 g/mol. The Balaban J connectivity index is 1.96. The molecule has 1 aromatic rings. The number of hydrogen-bond donors (Lipinski definition) is 2. The van der Waals surface area contributed by atoms with Crippen LogP contribution in [-0.4, -0.2) is 29.0 Å². The van der Waals surface area contributed by atoms with Crippen LogP contribution in [0.3, 0.4) is 0 Å². The third-order valence-electron chi connectivity index (χ3n) is 3.52. The van der Waals surface area contributed by atoms with E-state index in [1.165, 1.54) is 6.07 Å². The van der Waals surface area contributed by atoms with Gasteiger partial charge < -0.3 is 10.4 Å². The molecule has 0 aromatic heterocycles. The van der Waals surface area contributed by atoms with Gasteiger partial charge in [-0.2, -0.15) is 0 Å². The smallest absolute Gasteiger partial charge is 0.124 e. The minimum absolute atomic E-state index is 0.125. The molecular formula is C14H20FNOS. The molecule has 1 fully saturated rings. The van der Waals surface area contributed by atoms with Crippen molar-refractivity contribution < 1.29 is 9.50 Å². The molecular weight excluding hydrogens is 249 g/mol. The number of hydrogen-bond acceptors (Lipinski definition) is 3. The fraction of sp³-hybridized carbons (Fsp3) is 0.571. The van der Waals surface area contributed by atoms with E-state index in [4.69, 9.17) is 0 Å². The number of thioether (sulfide) groups is 1. The van der Waals surface area contributed by atoms with Crippen LogP contribution in [0.25, 0.3) is 0 Å². The van der Waals surface area contributed by atoms with Crippen LogP contribution >= 0.6 is 11.8 Å². The fourth-order valence-electron chi connectivity index (χ4n) is 2.65. The maximum atomic E-state index is 13.1. The minimum Gasteiger partial charge on any atom is -0.394 e. The average Bonchev–Trinajstić information content (AvgIpc) is 2.74.